The molecule has 0 bridgehead atoms. The lowest BCUT2D eigenvalue weighted by Gasteiger charge is -2.36. The molecule has 1 saturated heterocycles. The highest BCUT2D eigenvalue weighted by atomic mass is 32.2. The third-order valence-corrected chi connectivity index (χ3v) is 4.48. The smallest absolute Gasteiger partial charge is 0.410 e. The van der Waals surface area contributed by atoms with Crippen molar-refractivity contribution in [2.75, 3.05) is 37.3 Å². The fraction of sp³-hybridized carbons (Fsp3) is 0.562. The van der Waals surface area contributed by atoms with Crippen LogP contribution in [0.25, 0.3) is 0 Å². The number of nitro benzene ring substituents is 1. The van der Waals surface area contributed by atoms with Crippen LogP contribution >= 0.6 is 11.8 Å². The minimum Gasteiger partial charge on any atom is -0.444 e. The van der Waals surface area contributed by atoms with Gasteiger partial charge in [-0.3, -0.25) is 10.1 Å². The van der Waals surface area contributed by atoms with Crippen molar-refractivity contribution in [1.82, 2.24) is 4.90 Å². The maximum Gasteiger partial charge on any atom is 0.410 e. The number of thioether (sulfide) groups is 1. The molecule has 0 aromatic heterocycles. The maximum absolute atomic E-state index is 14.3. The van der Waals surface area contributed by atoms with E-state index in [2.05, 4.69) is 0 Å². The molecular weight excluding hydrogens is 349 g/mol. The highest BCUT2D eigenvalue weighted by molar-refractivity contribution is 7.98. The molecule has 0 atom stereocenters. The van der Waals surface area contributed by atoms with E-state index in [1.807, 2.05) is 0 Å². The second-order valence-electron chi connectivity index (χ2n) is 6.69. The summed E-state index contributed by atoms with van der Waals surface area (Å²) in [7, 11) is 0. The van der Waals surface area contributed by atoms with Gasteiger partial charge in [-0.1, -0.05) is 0 Å². The summed E-state index contributed by atoms with van der Waals surface area (Å²) in [5.74, 6) is -0.629. The third kappa shape index (κ3) is 4.75. The SMILES string of the molecule is CSc1cc(N2CCN(C(=O)OC(C)(C)C)CC2)c(F)cc1[N+](=O)[O-]. The number of carbonyl (C=O) groups is 1. The fourth-order valence-corrected chi connectivity index (χ4v) is 3.11. The van der Waals surface area contributed by atoms with Crippen molar-refractivity contribution in [1.29, 1.82) is 0 Å². The number of nitrogens with zero attached hydrogens (tertiary/aromatic N) is 3. The Bertz CT molecular complexity index is 670. The average molecular weight is 371 g/mol. The standard InChI is InChI=1S/C16H22FN3O4S/c1-16(2,3)24-15(21)19-7-5-18(6-8-19)12-10-14(25-4)13(20(22)23)9-11(12)17/h9-10H,5-8H2,1-4H3. The summed E-state index contributed by atoms with van der Waals surface area (Å²) in [5.41, 5.74) is -0.480. The minimum atomic E-state index is -0.629. The highest BCUT2D eigenvalue weighted by Gasteiger charge is 2.28. The van der Waals surface area contributed by atoms with E-state index in [-0.39, 0.29) is 11.8 Å². The molecule has 138 valence electrons. The Morgan fingerprint density at radius 3 is 2.36 bits per heavy atom. The topological polar surface area (TPSA) is 75.9 Å². The monoisotopic (exact) mass is 371 g/mol. The molecule has 1 heterocycles. The number of nitro groups is 1. The van der Waals surface area contributed by atoms with Gasteiger partial charge < -0.3 is 14.5 Å². The van der Waals surface area contributed by atoms with Crippen LogP contribution in [0, 0.1) is 15.9 Å². The van der Waals surface area contributed by atoms with Crippen molar-refractivity contribution in [2.24, 2.45) is 0 Å². The van der Waals surface area contributed by atoms with E-state index in [1.54, 1.807) is 36.8 Å². The largest absolute Gasteiger partial charge is 0.444 e. The van der Waals surface area contributed by atoms with Crippen molar-refractivity contribution >= 4 is 29.2 Å². The zero-order valence-corrected chi connectivity index (χ0v) is 15.6. The van der Waals surface area contributed by atoms with Gasteiger partial charge in [0.15, 0.2) is 5.82 Å². The van der Waals surface area contributed by atoms with Gasteiger partial charge in [0.25, 0.3) is 5.69 Å². The zero-order chi connectivity index (χ0) is 18.8. The molecule has 1 aliphatic rings. The van der Waals surface area contributed by atoms with Gasteiger partial charge in [0.05, 0.1) is 21.6 Å². The lowest BCUT2D eigenvalue weighted by Crippen LogP contribution is -2.50. The molecule has 1 fully saturated rings. The molecule has 0 saturated carbocycles. The van der Waals surface area contributed by atoms with Gasteiger partial charge in [-0.05, 0) is 33.1 Å². The number of halogens is 1. The Labute approximate surface area is 150 Å². The molecule has 0 aliphatic carbocycles. The molecule has 0 unspecified atom stereocenters. The number of ether oxygens (including phenoxy) is 1. The Kier molecular flexibility index (Phi) is 5.76. The molecule has 1 amide bonds. The van der Waals surface area contributed by atoms with Gasteiger partial charge in [-0.25, -0.2) is 9.18 Å². The zero-order valence-electron chi connectivity index (χ0n) is 14.7. The molecule has 25 heavy (non-hydrogen) atoms. The summed E-state index contributed by atoms with van der Waals surface area (Å²) in [5, 5.41) is 11.0. The first kappa shape index (κ1) is 19.3. The number of rotatable bonds is 3. The van der Waals surface area contributed by atoms with Gasteiger partial charge in [-0.2, -0.15) is 0 Å². The number of piperazine rings is 1. The van der Waals surface area contributed by atoms with Gasteiger partial charge in [-0.15, -0.1) is 11.8 Å². The van der Waals surface area contributed by atoms with Gasteiger partial charge in [0.2, 0.25) is 0 Å². The van der Waals surface area contributed by atoms with Gasteiger partial charge in [0, 0.05) is 26.2 Å². The Morgan fingerprint density at radius 1 is 1.28 bits per heavy atom. The number of benzene rings is 1. The predicted molar refractivity (Wildman–Crippen MR) is 94.9 cm³/mol. The normalized spacial score (nSPS) is 15.2. The van der Waals surface area contributed by atoms with Gasteiger partial charge >= 0.3 is 6.09 Å². The van der Waals surface area contributed by atoms with Crippen molar-refractivity contribution in [2.45, 2.75) is 31.3 Å². The Hall–Kier alpha value is -2.03. The molecule has 0 spiro atoms. The Morgan fingerprint density at radius 2 is 1.88 bits per heavy atom. The fourth-order valence-electron chi connectivity index (χ4n) is 2.54. The molecule has 0 N–H and O–H groups in total. The van der Waals surface area contributed by atoms with Crippen LogP contribution < -0.4 is 4.90 Å². The number of hydrogen-bond acceptors (Lipinski definition) is 6. The van der Waals surface area contributed by atoms with Crippen LogP contribution in [0.4, 0.5) is 20.6 Å². The van der Waals surface area contributed by atoms with E-state index in [1.165, 1.54) is 17.8 Å². The van der Waals surface area contributed by atoms with Crippen LogP contribution in [0.2, 0.25) is 0 Å². The van der Waals surface area contributed by atoms with Crippen LogP contribution in [-0.4, -0.2) is 54.0 Å². The Balaban J connectivity index is 2.10. The molecule has 1 aromatic rings. The lowest BCUT2D eigenvalue weighted by molar-refractivity contribution is -0.387. The van der Waals surface area contributed by atoms with Crippen molar-refractivity contribution in [3.63, 3.8) is 0 Å². The summed E-state index contributed by atoms with van der Waals surface area (Å²) in [6, 6.07) is 2.46. The molecule has 9 heteroatoms. The van der Waals surface area contributed by atoms with E-state index in [0.29, 0.717) is 36.8 Å². The lowest BCUT2D eigenvalue weighted by atomic mass is 10.2. The minimum absolute atomic E-state index is 0.235. The van der Waals surface area contributed by atoms with Crippen molar-refractivity contribution in [3.8, 4) is 0 Å². The van der Waals surface area contributed by atoms with E-state index in [4.69, 9.17) is 4.74 Å². The summed E-state index contributed by atoms with van der Waals surface area (Å²) in [4.78, 5) is 26.3. The number of carbonyl (C=O) groups excluding carboxylic acids is 1. The molecular formula is C16H22FN3O4S. The van der Waals surface area contributed by atoms with Crippen molar-refractivity contribution < 1.29 is 18.8 Å². The van der Waals surface area contributed by atoms with Crippen LogP contribution in [0.15, 0.2) is 17.0 Å². The van der Waals surface area contributed by atoms with Crippen LogP contribution in [-0.2, 0) is 4.74 Å². The van der Waals surface area contributed by atoms with Crippen LogP contribution in [0.1, 0.15) is 20.8 Å². The van der Waals surface area contributed by atoms with E-state index < -0.39 is 16.3 Å². The first-order chi connectivity index (χ1) is 11.6. The van der Waals surface area contributed by atoms with E-state index >= 15 is 0 Å². The average Bonchev–Trinajstić information content (AvgIpc) is 2.53. The molecule has 7 nitrogen and oxygen atoms in total. The van der Waals surface area contributed by atoms with Gasteiger partial charge in [0.1, 0.15) is 5.60 Å². The van der Waals surface area contributed by atoms with Crippen LogP contribution in [0.3, 0.4) is 0 Å². The summed E-state index contributed by atoms with van der Waals surface area (Å²) in [6.45, 7) is 7.08. The number of amides is 1. The maximum atomic E-state index is 14.3. The summed E-state index contributed by atoms with van der Waals surface area (Å²) < 4.78 is 19.7. The molecule has 2 rings (SSSR count). The third-order valence-electron chi connectivity index (χ3n) is 3.72. The van der Waals surface area contributed by atoms with Crippen LogP contribution in [0.5, 0.6) is 0 Å². The van der Waals surface area contributed by atoms with E-state index in [0.717, 1.165) is 6.07 Å². The highest BCUT2D eigenvalue weighted by Crippen LogP contribution is 2.34. The first-order valence-electron chi connectivity index (χ1n) is 7.87. The molecule has 1 aliphatic heterocycles. The van der Waals surface area contributed by atoms with Crippen molar-refractivity contribution in [3.05, 3.63) is 28.1 Å². The molecule has 1 aromatic carbocycles. The molecule has 0 radical (unpaired) electrons. The van der Waals surface area contributed by atoms with E-state index in [9.17, 15) is 19.3 Å². The summed E-state index contributed by atoms with van der Waals surface area (Å²) in [6.07, 6.45) is 1.32. The quantitative estimate of drug-likeness (QED) is 0.460. The number of hydrogen-bond donors (Lipinski definition) is 0. The second-order valence-corrected chi connectivity index (χ2v) is 7.54. The predicted octanol–water partition coefficient (Wildman–Crippen LogP) is 3.51. The first-order valence-corrected chi connectivity index (χ1v) is 9.09. The number of anilines is 1. The summed E-state index contributed by atoms with van der Waals surface area (Å²) >= 11 is 1.20. The second kappa shape index (κ2) is 7.47.